The van der Waals surface area contributed by atoms with Crippen LogP contribution in [0.2, 0.25) is 0 Å². The average molecular weight is 335 g/mol. The number of likely N-dealkylation sites (N-methyl/N-ethyl adjacent to an activating group) is 1. The number of rotatable bonds is 6. The van der Waals surface area contributed by atoms with Crippen LogP contribution in [0, 0.1) is 0 Å². The number of halogens is 4. The van der Waals surface area contributed by atoms with Crippen molar-refractivity contribution in [1.82, 2.24) is 10.0 Å². The first-order valence-corrected chi connectivity index (χ1v) is 6.73. The van der Waals surface area contributed by atoms with Crippen LogP contribution in [-0.4, -0.2) is 34.9 Å². The van der Waals surface area contributed by atoms with Gasteiger partial charge in [-0.2, -0.15) is 0 Å². The molecule has 0 fully saturated rings. The highest BCUT2D eigenvalue weighted by atomic mass is 35.5. The van der Waals surface area contributed by atoms with Gasteiger partial charge in [0.15, 0.2) is 0 Å². The van der Waals surface area contributed by atoms with E-state index in [-0.39, 0.29) is 23.8 Å². The van der Waals surface area contributed by atoms with Gasteiger partial charge in [0.2, 0.25) is 10.0 Å². The molecule has 0 spiro atoms. The molecule has 0 aliphatic heterocycles. The highest BCUT2D eigenvalue weighted by Gasteiger charge is 2.31. The topological polar surface area (TPSA) is 67.4 Å². The van der Waals surface area contributed by atoms with Gasteiger partial charge in [0.1, 0.15) is 5.75 Å². The van der Waals surface area contributed by atoms with Gasteiger partial charge >= 0.3 is 6.36 Å². The van der Waals surface area contributed by atoms with Crippen LogP contribution in [0.1, 0.15) is 0 Å². The Morgan fingerprint density at radius 2 is 1.90 bits per heavy atom. The maximum Gasteiger partial charge on any atom is 0.573 e. The van der Waals surface area contributed by atoms with E-state index >= 15 is 0 Å². The molecule has 1 aromatic carbocycles. The predicted molar refractivity (Wildman–Crippen MR) is 69.5 cm³/mol. The van der Waals surface area contributed by atoms with Crippen LogP contribution >= 0.6 is 12.4 Å². The molecule has 20 heavy (non-hydrogen) atoms. The van der Waals surface area contributed by atoms with Gasteiger partial charge in [0, 0.05) is 19.2 Å². The van der Waals surface area contributed by atoms with Crippen molar-refractivity contribution in [2.45, 2.75) is 11.3 Å². The quantitative estimate of drug-likeness (QED) is 0.774. The molecular formula is C10H14ClF3N2O3S. The molecule has 0 atom stereocenters. The summed E-state index contributed by atoms with van der Waals surface area (Å²) in [5.74, 6) is -0.580. The first-order valence-electron chi connectivity index (χ1n) is 5.25. The van der Waals surface area contributed by atoms with Gasteiger partial charge in [0.05, 0.1) is 4.90 Å². The molecule has 0 unspecified atom stereocenters. The fourth-order valence-corrected chi connectivity index (χ4v) is 2.30. The van der Waals surface area contributed by atoms with Crippen molar-refractivity contribution in [3.63, 3.8) is 0 Å². The largest absolute Gasteiger partial charge is 0.573 e. The Kier molecular flexibility index (Phi) is 7.28. The summed E-state index contributed by atoms with van der Waals surface area (Å²) in [7, 11) is -2.20. The molecule has 1 rings (SSSR count). The molecule has 0 radical (unpaired) electrons. The summed E-state index contributed by atoms with van der Waals surface area (Å²) in [4.78, 5) is -0.287. The minimum Gasteiger partial charge on any atom is -0.406 e. The zero-order valence-corrected chi connectivity index (χ0v) is 12.0. The smallest absolute Gasteiger partial charge is 0.406 e. The van der Waals surface area contributed by atoms with Crippen LogP contribution in [0.5, 0.6) is 5.75 Å². The van der Waals surface area contributed by atoms with E-state index in [1.165, 1.54) is 12.1 Å². The van der Waals surface area contributed by atoms with Crippen molar-refractivity contribution in [2.24, 2.45) is 0 Å². The summed E-state index contributed by atoms with van der Waals surface area (Å²) < 4.78 is 65.5. The molecule has 0 bridgehead atoms. The van der Waals surface area contributed by atoms with Gasteiger partial charge in [-0.3, -0.25) is 0 Å². The maximum atomic E-state index is 12.0. The van der Waals surface area contributed by atoms with E-state index in [4.69, 9.17) is 0 Å². The van der Waals surface area contributed by atoms with E-state index in [1.807, 2.05) is 0 Å². The van der Waals surface area contributed by atoms with Crippen LogP contribution in [0.3, 0.4) is 0 Å². The first-order chi connectivity index (χ1) is 8.74. The van der Waals surface area contributed by atoms with Crippen LogP contribution < -0.4 is 14.8 Å². The van der Waals surface area contributed by atoms with Crippen molar-refractivity contribution < 1.29 is 26.3 Å². The monoisotopic (exact) mass is 334 g/mol. The van der Waals surface area contributed by atoms with E-state index < -0.39 is 22.1 Å². The third kappa shape index (κ3) is 6.42. The minimum absolute atomic E-state index is 0. The molecule has 10 heteroatoms. The van der Waals surface area contributed by atoms with Crippen LogP contribution in [0.15, 0.2) is 29.2 Å². The van der Waals surface area contributed by atoms with Crippen molar-refractivity contribution in [3.8, 4) is 5.75 Å². The molecule has 0 saturated carbocycles. The number of hydrogen-bond acceptors (Lipinski definition) is 4. The van der Waals surface area contributed by atoms with Gasteiger partial charge in [0.25, 0.3) is 0 Å². The van der Waals surface area contributed by atoms with Gasteiger partial charge in [-0.25, -0.2) is 13.1 Å². The molecule has 0 aliphatic rings. The van der Waals surface area contributed by atoms with Crippen molar-refractivity contribution in [3.05, 3.63) is 24.3 Å². The third-order valence-corrected chi connectivity index (χ3v) is 3.48. The molecule has 0 amide bonds. The number of ether oxygens (including phenoxy) is 1. The lowest BCUT2D eigenvalue weighted by Gasteiger charge is -2.11. The van der Waals surface area contributed by atoms with Crippen LogP contribution in [0.25, 0.3) is 0 Å². The summed E-state index contributed by atoms with van der Waals surface area (Å²) in [5, 5.41) is 2.73. The second-order valence-corrected chi connectivity index (χ2v) is 5.29. The van der Waals surface area contributed by atoms with E-state index in [2.05, 4.69) is 14.8 Å². The fourth-order valence-electron chi connectivity index (χ4n) is 1.23. The van der Waals surface area contributed by atoms with E-state index in [0.717, 1.165) is 12.1 Å². The summed E-state index contributed by atoms with van der Waals surface area (Å²) in [5.41, 5.74) is 0. The SMILES string of the molecule is CNCCNS(=O)(=O)c1cccc(OC(F)(F)F)c1.Cl. The van der Waals surface area contributed by atoms with E-state index in [9.17, 15) is 21.6 Å². The van der Waals surface area contributed by atoms with Gasteiger partial charge in [-0.15, -0.1) is 25.6 Å². The number of benzene rings is 1. The third-order valence-electron chi connectivity index (χ3n) is 2.02. The fraction of sp³-hybridized carbons (Fsp3) is 0.400. The number of alkyl halides is 3. The Hall–Kier alpha value is -1.03. The van der Waals surface area contributed by atoms with Crippen LogP contribution in [0.4, 0.5) is 13.2 Å². The Morgan fingerprint density at radius 3 is 2.45 bits per heavy atom. The lowest BCUT2D eigenvalue weighted by Crippen LogP contribution is -2.30. The summed E-state index contributed by atoms with van der Waals surface area (Å²) in [6.07, 6.45) is -4.86. The molecule has 0 aromatic heterocycles. The summed E-state index contributed by atoms with van der Waals surface area (Å²) >= 11 is 0. The van der Waals surface area contributed by atoms with Crippen molar-refractivity contribution in [1.29, 1.82) is 0 Å². The number of sulfonamides is 1. The van der Waals surface area contributed by atoms with Crippen LogP contribution in [-0.2, 0) is 10.0 Å². The second-order valence-electron chi connectivity index (χ2n) is 3.52. The van der Waals surface area contributed by atoms with Crippen molar-refractivity contribution in [2.75, 3.05) is 20.1 Å². The summed E-state index contributed by atoms with van der Waals surface area (Å²) in [6.45, 7) is 0.529. The van der Waals surface area contributed by atoms with Gasteiger partial charge in [-0.1, -0.05) is 6.07 Å². The van der Waals surface area contributed by atoms with Gasteiger partial charge in [-0.05, 0) is 19.2 Å². The molecule has 1 aromatic rings. The minimum atomic E-state index is -4.86. The Bertz CT molecular complexity index is 523. The number of nitrogens with one attached hydrogen (secondary N) is 2. The summed E-state index contributed by atoms with van der Waals surface area (Å²) in [6, 6.07) is 4.20. The Labute approximate surface area is 121 Å². The van der Waals surface area contributed by atoms with E-state index in [1.54, 1.807) is 7.05 Å². The predicted octanol–water partition coefficient (Wildman–Crippen LogP) is 1.50. The standard InChI is InChI=1S/C10H13F3N2O3S.ClH/c1-14-5-6-15-19(16,17)9-4-2-3-8(7-9)18-10(11,12)13;/h2-4,7,14-15H,5-6H2,1H3;1H. The normalized spacial score (nSPS) is 11.8. The molecule has 2 N–H and O–H groups in total. The Morgan fingerprint density at radius 1 is 1.25 bits per heavy atom. The maximum absolute atomic E-state index is 12.0. The van der Waals surface area contributed by atoms with Crippen molar-refractivity contribution >= 4 is 22.4 Å². The first kappa shape index (κ1) is 19.0. The highest BCUT2D eigenvalue weighted by molar-refractivity contribution is 7.89. The molecule has 0 heterocycles. The van der Waals surface area contributed by atoms with E-state index in [0.29, 0.717) is 6.54 Å². The lowest BCUT2D eigenvalue weighted by atomic mass is 10.3. The molecule has 0 saturated heterocycles. The van der Waals surface area contributed by atoms with Gasteiger partial charge < -0.3 is 10.1 Å². The zero-order chi connectivity index (χ0) is 14.5. The highest BCUT2D eigenvalue weighted by Crippen LogP contribution is 2.24. The number of hydrogen-bond donors (Lipinski definition) is 2. The molecular weight excluding hydrogens is 321 g/mol. The average Bonchev–Trinajstić information content (AvgIpc) is 2.27. The Balaban J connectivity index is 0.00000361. The lowest BCUT2D eigenvalue weighted by molar-refractivity contribution is -0.274. The molecule has 116 valence electrons. The second kappa shape index (κ2) is 7.67. The zero-order valence-electron chi connectivity index (χ0n) is 10.4. The molecule has 5 nitrogen and oxygen atoms in total. The molecule has 0 aliphatic carbocycles.